The van der Waals surface area contributed by atoms with Gasteiger partial charge in [0.15, 0.2) is 0 Å². The predicted octanol–water partition coefficient (Wildman–Crippen LogP) is 5.34. The van der Waals surface area contributed by atoms with Crippen LogP contribution >= 0.6 is 15.9 Å². The molecule has 0 fully saturated rings. The molecule has 0 radical (unpaired) electrons. The first-order valence-corrected chi connectivity index (χ1v) is 15.3. The maximum absolute atomic E-state index is 13.7. The second-order valence-electron chi connectivity index (χ2n) is 9.32. The molecular weight excluding hydrogens is 582 g/mol. The summed E-state index contributed by atoms with van der Waals surface area (Å²) in [6, 6.07) is 22.2. The standard InChI is InChI=1S/C29H34BrN3O5S/c1-5-21(2)31-29(35)22(3)32(19-23-11-13-24(30)14-12-23)28(34)20-33(39(4,36)37)25-15-17-27(18-16-25)38-26-9-7-6-8-10-26/h6-18,21-22H,5,19-20H2,1-4H3,(H,31,35)/t21-,22+/m1/s1. The summed E-state index contributed by atoms with van der Waals surface area (Å²) in [5.41, 5.74) is 1.12. The Labute approximate surface area is 239 Å². The van der Waals surface area contributed by atoms with Crippen LogP contribution in [0.15, 0.2) is 83.3 Å². The van der Waals surface area contributed by atoms with E-state index in [9.17, 15) is 18.0 Å². The molecule has 3 rings (SSSR count). The highest BCUT2D eigenvalue weighted by Crippen LogP contribution is 2.26. The molecule has 1 N–H and O–H groups in total. The number of carbonyl (C=O) groups is 2. The van der Waals surface area contributed by atoms with E-state index in [-0.39, 0.29) is 18.5 Å². The van der Waals surface area contributed by atoms with Gasteiger partial charge in [0, 0.05) is 17.1 Å². The first-order valence-electron chi connectivity index (χ1n) is 12.6. The van der Waals surface area contributed by atoms with Crippen LogP contribution in [-0.2, 0) is 26.2 Å². The van der Waals surface area contributed by atoms with E-state index >= 15 is 0 Å². The molecule has 0 saturated heterocycles. The average Bonchev–Trinajstić information content (AvgIpc) is 2.91. The van der Waals surface area contributed by atoms with E-state index in [2.05, 4.69) is 21.2 Å². The summed E-state index contributed by atoms with van der Waals surface area (Å²) in [7, 11) is -3.83. The molecule has 0 aliphatic rings. The lowest BCUT2D eigenvalue weighted by atomic mass is 10.1. The highest BCUT2D eigenvalue weighted by Gasteiger charge is 2.30. The fourth-order valence-corrected chi connectivity index (χ4v) is 4.87. The van der Waals surface area contributed by atoms with Crippen LogP contribution in [0.4, 0.5) is 5.69 Å². The van der Waals surface area contributed by atoms with Gasteiger partial charge < -0.3 is 15.0 Å². The Kier molecular flexibility index (Phi) is 10.5. The van der Waals surface area contributed by atoms with Gasteiger partial charge >= 0.3 is 0 Å². The predicted molar refractivity (Wildman–Crippen MR) is 157 cm³/mol. The molecular formula is C29H34BrN3O5S. The molecule has 0 bridgehead atoms. The number of sulfonamides is 1. The quantitative estimate of drug-likeness (QED) is 0.297. The van der Waals surface area contributed by atoms with Crippen molar-refractivity contribution in [1.82, 2.24) is 10.2 Å². The molecule has 8 nitrogen and oxygen atoms in total. The van der Waals surface area contributed by atoms with Gasteiger partial charge in [-0.1, -0.05) is 53.2 Å². The van der Waals surface area contributed by atoms with Crippen LogP contribution in [0.3, 0.4) is 0 Å². The van der Waals surface area contributed by atoms with Crippen molar-refractivity contribution in [2.24, 2.45) is 0 Å². The molecule has 2 atom stereocenters. The maximum atomic E-state index is 13.7. The fourth-order valence-electron chi connectivity index (χ4n) is 3.75. The topological polar surface area (TPSA) is 96.0 Å². The zero-order valence-electron chi connectivity index (χ0n) is 22.5. The summed E-state index contributed by atoms with van der Waals surface area (Å²) in [6.07, 6.45) is 1.79. The largest absolute Gasteiger partial charge is 0.457 e. The number of para-hydroxylation sites is 1. The van der Waals surface area contributed by atoms with Gasteiger partial charge in [0.1, 0.15) is 24.1 Å². The second-order valence-corrected chi connectivity index (χ2v) is 12.1. The lowest BCUT2D eigenvalue weighted by Crippen LogP contribution is -2.52. The van der Waals surface area contributed by atoms with E-state index in [4.69, 9.17) is 4.74 Å². The van der Waals surface area contributed by atoms with Crippen LogP contribution in [-0.4, -0.2) is 50.0 Å². The van der Waals surface area contributed by atoms with E-state index in [0.29, 0.717) is 17.2 Å². The summed E-state index contributed by atoms with van der Waals surface area (Å²) < 4.78 is 33.3. The minimum Gasteiger partial charge on any atom is -0.457 e. The Morgan fingerprint density at radius 3 is 2.08 bits per heavy atom. The Morgan fingerprint density at radius 1 is 0.923 bits per heavy atom. The second kappa shape index (κ2) is 13.6. The van der Waals surface area contributed by atoms with E-state index in [0.717, 1.165) is 27.0 Å². The summed E-state index contributed by atoms with van der Waals surface area (Å²) >= 11 is 3.40. The molecule has 208 valence electrons. The van der Waals surface area contributed by atoms with E-state index in [1.165, 1.54) is 4.90 Å². The van der Waals surface area contributed by atoms with Crippen molar-refractivity contribution in [2.45, 2.75) is 45.8 Å². The maximum Gasteiger partial charge on any atom is 0.244 e. The zero-order chi connectivity index (χ0) is 28.6. The third-order valence-corrected chi connectivity index (χ3v) is 7.89. The molecule has 2 amide bonds. The van der Waals surface area contributed by atoms with Crippen LogP contribution in [0.5, 0.6) is 11.5 Å². The van der Waals surface area contributed by atoms with Gasteiger partial charge in [-0.15, -0.1) is 0 Å². The van der Waals surface area contributed by atoms with Gasteiger partial charge in [-0.05, 0) is 74.4 Å². The van der Waals surface area contributed by atoms with Crippen molar-refractivity contribution in [3.05, 3.63) is 88.9 Å². The minimum atomic E-state index is -3.83. The molecule has 3 aromatic carbocycles. The number of rotatable bonds is 12. The van der Waals surface area contributed by atoms with Crippen LogP contribution in [0.1, 0.15) is 32.8 Å². The Hall–Kier alpha value is -3.37. The van der Waals surface area contributed by atoms with E-state index in [1.807, 2.05) is 68.4 Å². The molecule has 0 spiro atoms. The van der Waals surface area contributed by atoms with Gasteiger partial charge in [0.05, 0.1) is 11.9 Å². The monoisotopic (exact) mass is 615 g/mol. The smallest absolute Gasteiger partial charge is 0.244 e. The Morgan fingerprint density at radius 2 is 1.51 bits per heavy atom. The molecule has 0 aliphatic heterocycles. The number of hydrogen-bond donors (Lipinski definition) is 1. The third-order valence-electron chi connectivity index (χ3n) is 6.22. The number of nitrogens with zero attached hydrogens (tertiary/aromatic N) is 2. The van der Waals surface area contributed by atoms with Crippen LogP contribution in [0, 0.1) is 0 Å². The molecule has 0 heterocycles. The highest BCUT2D eigenvalue weighted by molar-refractivity contribution is 9.10. The molecule has 0 aromatic heterocycles. The number of ether oxygens (including phenoxy) is 1. The van der Waals surface area contributed by atoms with Crippen molar-refractivity contribution in [2.75, 3.05) is 17.1 Å². The van der Waals surface area contributed by atoms with Gasteiger partial charge in [-0.25, -0.2) is 8.42 Å². The number of anilines is 1. The highest BCUT2D eigenvalue weighted by atomic mass is 79.9. The molecule has 0 unspecified atom stereocenters. The number of amides is 2. The number of halogens is 1. The Balaban J connectivity index is 1.85. The number of nitrogens with one attached hydrogen (secondary N) is 1. The lowest BCUT2D eigenvalue weighted by Gasteiger charge is -2.32. The van der Waals surface area contributed by atoms with Gasteiger partial charge in [0.25, 0.3) is 0 Å². The number of hydrogen-bond acceptors (Lipinski definition) is 5. The van der Waals surface area contributed by atoms with Crippen molar-refractivity contribution in [1.29, 1.82) is 0 Å². The van der Waals surface area contributed by atoms with Gasteiger partial charge in [0.2, 0.25) is 21.8 Å². The number of carbonyl (C=O) groups excluding carboxylic acids is 2. The van der Waals surface area contributed by atoms with Crippen LogP contribution in [0.25, 0.3) is 0 Å². The molecule has 10 heteroatoms. The molecule has 3 aromatic rings. The summed E-state index contributed by atoms with van der Waals surface area (Å²) in [5, 5.41) is 2.91. The minimum absolute atomic E-state index is 0.0614. The average molecular weight is 617 g/mol. The third kappa shape index (κ3) is 8.83. The fraction of sp³-hybridized carbons (Fsp3) is 0.310. The number of benzene rings is 3. The van der Waals surface area contributed by atoms with Crippen LogP contribution in [0.2, 0.25) is 0 Å². The summed E-state index contributed by atoms with van der Waals surface area (Å²) in [6.45, 7) is 5.18. The van der Waals surface area contributed by atoms with Crippen molar-refractivity contribution < 1.29 is 22.7 Å². The first-order chi connectivity index (χ1) is 18.5. The van der Waals surface area contributed by atoms with Crippen molar-refractivity contribution in [3.63, 3.8) is 0 Å². The van der Waals surface area contributed by atoms with Gasteiger partial charge in [-0.2, -0.15) is 0 Å². The van der Waals surface area contributed by atoms with Crippen molar-refractivity contribution >= 4 is 43.5 Å². The lowest BCUT2D eigenvalue weighted by molar-refractivity contribution is -0.139. The Bertz CT molecular complexity index is 1350. The van der Waals surface area contributed by atoms with Gasteiger partial charge in [-0.3, -0.25) is 13.9 Å². The zero-order valence-corrected chi connectivity index (χ0v) is 24.9. The van der Waals surface area contributed by atoms with E-state index < -0.39 is 28.5 Å². The van der Waals surface area contributed by atoms with Crippen molar-refractivity contribution in [3.8, 4) is 11.5 Å². The summed E-state index contributed by atoms with van der Waals surface area (Å²) in [4.78, 5) is 28.1. The van der Waals surface area contributed by atoms with Crippen LogP contribution < -0.4 is 14.4 Å². The molecule has 39 heavy (non-hydrogen) atoms. The SMILES string of the molecule is CC[C@@H](C)NC(=O)[C@H](C)N(Cc1ccc(Br)cc1)C(=O)CN(c1ccc(Oc2ccccc2)cc1)S(C)(=O)=O. The summed E-state index contributed by atoms with van der Waals surface area (Å²) in [5.74, 6) is 0.369. The first kappa shape index (κ1) is 30.2. The van der Waals surface area contributed by atoms with E-state index in [1.54, 1.807) is 31.2 Å². The normalized spacial score (nSPS) is 12.7. The molecule has 0 saturated carbocycles. The molecule has 0 aliphatic carbocycles.